The van der Waals surface area contributed by atoms with Gasteiger partial charge in [0.05, 0.1) is 7.11 Å². The Balaban J connectivity index is 4.46. The molecule has 20 heavy (non-hydrogen) atoms. The quantitative estimate of drug-likeness (QED) is 0.757. The van der Waals surface area contributed by atoms with E-state index in [1.54, 1.807) is 20.8 Å². The number of hydrogen-bond acceptors (Lipinski definition) is 6. The third kappa shape index (κ3) is 8.79. The standard InChI is InChI=1S/C13H23NO5S/c1-6-20-10(15)8-7-9(11(16)18-5)14-12(17)19-13(2,3)4/h9H,6-8H2,1-5H3,(H,14,17)/t9-/m0/s1. The van der Waals surface area contributed by atoms with Crippen LogP contribution < -0.4 is 5.32 Å². The molecule has 0 aromatic rings. The van der Waals surface area contributed by atoms with Gasteiger partial charge in [0.1, 0.15) is 11.6 Å². The van der Waals surface area contributed by atoms with Gasteiger partial charge in [0, 0.05) is 6.42 Å². The van der Waals surface area contributed by atoms with E-state index in [1.165, 1.54) is 18.9 Å². The molecular formula is C13H23NO5S. The number of thioether (sulfide) groups is 1. The van der Waals surface area contributed by atoms with Crippen LogP contribution in [0.15, 0.2) is 0 Å². The van der Waals surface area contributed by atoms with E-state index >= 15 is 0 Å². The van der Waals surface area contributed by atoms with Crippen molar-refractivity contribution < 1.29 is 23.9 Å². The molecule has 0 fully saturated rings. The van der Waals surface area contributed by atoms with Gasteiger partial charge in [-0.2, -0.15) is 0 Å². The zero-order valence-electron chi connectivity index (χ0n) is 12.6. The molecule has 0 aliphatic heterocycles. The maximum atomic E-state index is 11.6. The number of ether oxygens (including phenoxy) is 2. The summed E-state index contributed by atoms with van der Waals surface area (Å²) in [6.07, 6.45) is -0.324. The number of alkyl carbamates (subject to hydrolysis) is 1. The Kier molecular flexibility index (Phi) is 8.29. The van der Waals surface area contributed by atoms with Gasteiger partial charge in [-0.15, -0.1) is 0 Å². The number of carbonyl (C=O) groups is 3. The first-order valence-electron chi connectivity index (χ1n) is 6.42. The Morgan fingerprint density at radius 2 is 1.85 bits per heavy atom. The van der Waals surface area contributed by atoms with Crippen LogP contribution in [0.25, 0.3) is 0 Å². The molecule has 6 nitrogen and oxygen atoms in total. The lowest BCUT2D eigenvalue weighted by Crippen LogP contribution is -2.44. The van der Waals surface area contributed by atoms with Gasteiger partial charge in [-0.3, -0.25) is 4.79 Å². The number of rotatable bonds is 6. The van der Waals surface area contributed by atoms with Crippen LogP contribution in [0.2, 0.25) is 0 Å². The number of carbonyl (C=O) groups excluding carboxylic acids is 3. The van der Waals surface area contributed by atoms with Crippen molar-refractivity contribution in [3.8, 4) is 0 Å². The van der Waals surface area contributed by atoms with Crippen molar-refractivity contribution in [3.05, 3.63) is 0 Å². The number of hydrogen-bond donors (Lipinski definition) is 1. The van der Waals surface area contributed by atoms with Gasteiger partial charge in [0.2, 0.25) is 0 Å². The highest BCUT2D eigenvalue weighted by Crippen LogP contribution is 2.11. The lowest BCUT2D eigenvalue weighted by molar-refractivity contribution is -0.143. The predicted octanol–water partition coefficient (Wildman–Crippen LogP) is 2.11. The van der Waals surface area contributed by atoms with E-state index in [0.29, 0.717) is 5.75 Å². The largest absolute Gasteiger partial charge is 0.467 e. The summed E-state index contributed by atoms with van der Waals surface area (Å²) >= 11 is 1.19. The maximum Gasteiger partial charge on any atom is 0.408 e. The molecule has 7 heteroatoms. The lowest BCUT2D eigenvalue weighted by atomic mass is 10.1. The molecule has 0 unspecified atom stereocenters. The van der Waals surface area contributed by atoms with E-state index in [2.05, 4.69) is 10.1 Å². The Labute approximate surface area is 124 Å². The second-order valence-corrected chi connectivity index (χ2v) is 6.39. The Morgan fingerprint density at radius 3 is 2.30 bits per heavy atom. The van der Waals surface area contributed by atoms with Crippen LogP contribution in [0.3, 0.4) is 0 Å². The smallest absolute Gasteiger partial charge is 0.408 e. The first-order valence-corrected chi connectivity index (χ1v) is 7.41. The molecule has 0 spiro atoms. The van der Waals surface area contributed by atoms with Crippen LogP contribution in [0.4, 0.5) is 4.79 Å². The molecule has 116 valence electrons. The highest BCUT2D eigenvalue weighted by atomic mass is 32.2. The highest BCUT2D eigenvalue weighted by Gasteiger charge is 2.25. The second-order valence-electron chi connectivity index (χ2n) is 5.07. The Bertz CT molecular complexity index is 351. The molecular weight excluding hydrogens is 282 g/mol. The zero-order chi connectivity index (χ0) is 15.8. The third-order valence-corrected chi connectivity index (χ3v) is 2.93. The van der Waals surface area contributed by atoms with Crippen LogP contribution in [-0.2, 0) is 19.1 Å². The Morgan fingerprint density at radius 1 is 1.25 bits per heavy atom. The third-order valence-electron chi connectivity index (χ3n) is 2.12. The zero-order valence-corrected chi connectivity index (χ0v) is 13.5. The SMILES string of the molecule is CCSC(=O)CC[C@H](NC(=O)OC(C)(C)C)C(=O)OC. The molecule has 0 aromatic carbocycles. The van der Waals surface area contributed by atoms with Crippen LogP contribution in [0.5, 0.6) is 0 Å². The molecule has 1 N–H and O–H groups in total. The molecule has 0 saturated heterocycles. The van der Waals surface area contributed by atoms with Crippen LogP contribution in [-0.4, -0.2) is 41.7 Å². The van der Waals surface area contributed by atoms with E-state index in [1.807, 2.05) is 6.92 Å². The van der Waals surface area contributed by atoms with Crippen molar-refractivity contribution >= 4 is 28.9 Å². The summed E-state index contributed by atoms with van der Waals surface area (Å²) in [5.74, 6) is 0.0893. The molecule has 0 radical (unpaired) electrons. The van der Waals surface area contributed by atoms with Crippen LogP contribution in [0, 0.1) is 0 Å². The minimum absolute atomic E-state index is 0.0209. The normalized spacial score (nSPS) is 12.4. The fraction of sp³-hybridized carbons (Fsp3) is 0.769. The Hall–Kier alpha value is -1.24. The number of methoxy groups -OCH3 is 1. The molecule has 0 saturated carbocycles. The predicted molar refractivity (Wildman–Crippen MR) is 77.5 cm³/mol. The maximum absolute atomic E-state index is 11.6. The molecule has 0 heterocycles. The van der Waals surface area contributed by atoms with Gasteiger partial charge >= 0.3 is 12.1 Å². The monoisotopic (exact) mass is 305 g/mol. The van der Waals surface area contributed by atoms with Crippen molar-refractivity contribution in [3.63, 3.8) is 0 Å². The van der Waals surface area contributed by atoms with Gasteiger partial charge in [-0.1, -0.05) is 18.7 Å². The van der Waals surface area contributed by atoms with Crippen molar-refractivity contribution in [1.82, 2.24) is 5.32 Å². The summed E-state index contributed by atoms with van der Waals surface area (Å²) < 4.78 is 9.68. The molecule has 1 atom stereocenters. The van der Waals surface area contributed by atoms with E-state index < -0.39 is 23.7 Å². The first-order chi connectivity index (χ1) is 9.19. The number of nitrogens with one attached hydrogen (secondary N) is 1. The summed E-state index contributed by atoms with van der Waals surface area (Å²) in [7, 11) is 1.23. The van der Waals surface area contributed by atoms with E-state index in [0.717, 1.165) is 0 Å². The van der Waals surface area contributed by atoms with Crippen LogP contribution >= 0.6 is 11.8 Å². The van der Waals surface area contributed by atoms with Gasteiger partial charge in [-0.05, 0) is 32.9 Å². The molecule has 1 amide bonds. The molecule has 0 aliphatic carbocycles. The topological polar surface area (TPSA) is 81.7 Å². The minimum Gasteiger partial charge on any atom is -0.467 e. The van der Waals surface area contributed by atoms with Crippen molar-refractivity contribution in [2.45, 2.75) is 52.2 Å². The average Bonchev–Trinajstić information content (AvgIpc) is 2.31. The highest BCUT2D eigenvalue weighted by molar-refractivity contribution is 8.13. The van der Waals surface area contributed by atoms with E-state index in [-0.39, 0.29) is 18.0 Å². The van der Waals surface area contributed by atoms with Gasteiger partial charge < -0.3 is 14.8 Å². The van der Waals surface area contributed by atoms with Gasteiger partial charge in [0.15, 0.2) is 5.12 Å². The summed E-state index contributed by atoms with van der Waals surface area (Å²) in [4.78, 5) is 34.6. The van der Waals surface area contributed by atoms with Crippen molar-refractivity contribution in [1.29, 1.82) is 0 Å². The van der Waals surface area contributed by atoms with Gasteiger partial charge in [-0.25, -0.2) is 9.59 Å². The summed E-state index contributed by atoms with van der Waals surface area (Å²) in [6.45, 7) is 7.04. The van der Waals surface area contributed by atoms with Crippen molar-refractivity contribution in [2.24, 2.45) is 0 Å². The minimum atomic E-state index is -0.878. The molecule has 0 rings (SSSR count). The molecule has 0 aromatic heterocycles. The molecule has 0 bridgehead atoms. The summed E-state index contributed by atoms with van der Waals surface area (Å²) in [5.41, 5.74) is -0.654. The fourth-order valence-corrected chi connectivity index (χ4v) is 1.92. The fourth-order valence-electron chi connectivity index (χ4n) is 1.34. The van der Waals surface area contributed by atoms with Crippen molar-refractivity contribution in [2.75, 3.05) is 12.9 Å². The van der Waals surface area contributed by atoms with E-state index in [9.17, 15) is 14.4 Å². The molecule has 0 aliphatic rings. The van der Waals surface area contributed by atoms with Crippen LogP contribution in [0.1, 0.15) is 40.5 Å². The van der Waals surface area contributed by atoms with Gasteiger partial charge in [0.25, 0.3) is 0 Å². The lowest BCUT2D eigenvalue weighted by Gasteiger charge is -2.22. The number of amides is 1. The van der Waals surface area contributed by atoms with E-state index in [4.69, 9.17) is 4.74 Å². The summed E-state index contributed by atoms with van der Waals surface area (Å²) in [6, 6.07) is -0.878. The number of esters is 1. The summed E-state index contributed by atoms with van der Waals surface area (Å²) in [5, 5.41) is 2.40. The second kappa shape index (κ2) is 8.84. The first kappa shape index (κ1) is 18.8. The average molecular weight is 305 g/mol.